The molecule has 0 amide bonds. The summed E-state index contributed by atoms with van der Waals surface area (Å²) in [5, 5.41) is 11.8. The lowest BCUT2D eigenvalue weighted by Gasteiger charge is -2.04. The molecule has 0 fully saturated rings. The van der Waals surface area contributed by atoms with Gasteiger partial charge in [0.25, 0.3) is 0 Å². The van der Waals surface area contributed by atoms with Gasteiger partial charge in [-0.3, -0.25) is 0 Å². The van der Waals surface area contributed by atoms with Gasteiger partial charge in [0, 0.05) is 12.0 Å². The molecule has 0 aliphatic heterocycles. The molecule has 16 heavy (non-hydrogen) atoms. The molecule has 2 heteroatoms. The number of carbonyl (C=O) groups is 1. The highest BCUT2D eigenvalue weighted by Crippen LogP contribution is 2.28. The third-order valence-electron chi connectivity index (χ3n) is 2.46. The van der Waals surface area contributed by atoms with E-state index in [2.05, 4.69) is 0 Å². The molecule has 0 atom stereocenters. The molecule has 0 unspecified atom stereocenters. The first-order chi connectivity index (χ1) is 7.83. The number of aromatic hydroxyl groups is 1. The Morgan fingerprint density at radius 2 is 1.94 bits per heavy atom. The van der Waals surface area contributed by atoms with Crippen LogP contribution < -0.4 is 0 Å². The highest BCUT2D eigenvalue weighted by Gasteiger charge is 2.02. The van der Waals surface area contributed by atoms with Gasteiger partial charge in [-0.15, -0.1) is 0 Å². The molecule has 80 valence electrons. The fourth-order valence-corrected chi connectivity index (χ4v) is 1.70. The molecule has 0 spiro atoms. The fourth-order valence-electron chi connectivity index (χ4n) is 1.70. The predicted octanol–water partition coefficient (Wildman–Crippen LogP) is 3.15. The topological polar surface area (TPSA) is 37.3 Å². The van der Waals surface area contributed by atoms with E-state index in [1.165, 1.54) is 0 Å². The summed E-state index contributed by atoms with van der Waals surface area (Å²) in [6.07, 6.45) is 4.72. The molecule has 2 aromatic rings. The Hall–Kier alpha value is -2.09. The maximum absolute atomic E-state index is 10.2. The molecule has 2 rings (SSSR count). The SMILES string of the molecule is O=CCC=Cc1c(O)ccc2ccccc12. The second kappa shape index (κ2) is 4.62. The van der Waals surface area contributed by atoms with Crippen LogP contribution in [0.1, 0.15) is 12.0 Å². The molecule has 0 saturated heterocycles. The highest BCUT2D eigenvalue weighted by molar-refractivity contribution is 5.93. The molecular formula is C14H12O2. The molecule has 2 aromatic carbocycles. The molecule has 0 aromatic heterocycles. The second-order valence-corrected chi connectivity index (χ2v) is 3.52. The van der Waals surface area contributed by atoms with Gasteiger partial charge in [-0.05, 0) is 16.8 Å². The van der Waals surface area contributed by atoms with E-state index in [4.69, 9.17) is 0 Å². The molecule has 2 nitrogen and oxygen atoms in total. The molecule has 0 saturated carbocycles. The first kappa shape index (κ1) is 10.4. The molecule has 0 aliphatic rings. The first-order valence-corrected chi connectivity index (χ1v) is 5.14. The summed E-state index contributed by atoms with van der Waals surface area (Å²) in [4.78, 5) is 10.2. The average molecular weight is 212 g/mol. The number of fused-ring (bicyclic) bond motifs is 1. The van der Waals surface area contributed by atoms with E-state index < -0.39 is 0 Å². The third-order valence-corrected chi connectivity index (χ3v) is 2.46. The zero-order valence-corrected chi connectivity index (χ0v) is 8.76. The van der Waals surface area contributed by atoms with Crippen molar-refractivity contribution in [3.8, 4) is 5.75 Å². The van der Waals surface area contributed by atoms with Crippen molar-refractivity contribution < 1.29 is 9.90 Å². The molecule has 1 N–H and O–H groups in total. The molecular weight excluding hydrogens is 200 g/mol. The normalized spacial score (nSPS) is 11.0. The number of rotatable bonds is 3. The fraction of sp³-hybridized carbons (Fsp3) is 0.0714. The highest BCUT2D eigenvalue weighted by atomic mass is 16.3. The summed E-state index contributed by atoms with van der Waals surface area (Å²) in [7, 11) is 0. The van der Waals surface area contributed by atoms with Crippen LogP contribution >= 0.6 is 0 Å². The van der Waals surface area contributed by atoms with Gasteiger partial charge in [-0.2, -0.15) is 0 Å². The van der Waals surface area contributed by atoms with Crippen LogP contribution in [0.5, 0.6) is 5.75 Å². The van der Waals surface area contributed by atoms with Crippen LogP contribution in [-0.2, 0) is 4.79 Å². The number of aldehydes is 1. The van der Waals surface area contributed by atoms with Gasteiger partial charge in [-0.25, -0.2) is 0 Å². The Morgan fingerprint density at radius 1 is 1.12 bits per heavy atom. The monoisotopic (exact) mass is 212 g/mol. The Bertz CT molecular complexity index is 541. The van der Waals surface area contributed by atoms with Gasteiger partial charge in [0.2, 0.25) is 0 Å². The van der Waals surface area contributed by atoms with Crippen molar-refractivity contribution in [2.45, 2.75) is 6.42 Å². The second-order valence-electron chi connectivity index (χ2n) is 3.52. The summed E-state index contributed by atoms with van der Waals surface area (Å²) in [6.45, 7) is 0. The quantitative estimate of drug-likeness (QED) is 0.793. The summed E-state index contributed by atoms with van der Waals surface area (Å²) in [6, 6.07) is 11.4. The Balaban J connectivity index is 2.56. The van der Waals surface area contributed by atoms with Crippen LogP contribution in [0.25, 0.3) is 16.8 Å². The largest absolute Gasteiger partial charge is 0.507 e. The number of hydrogen-bond donors (Lipinski definition) is 1. The van der Waals surface area contributed by atoms with Gasteiger partial charge in [0.15, 0.2) is 0 Å². The van der Waals surface area contributed by atoms with Crippen LogP contribution in [0.2, 0.25) is 0 Å². The van der Waals surface area contributed by atoms with Crippen molar-refractivity contribution in [2.75, 3.05) is 0 Å². The minimum atomic E-state index is 0.237. The zero-order valence-electron chi connectivity index (χ0n) is 8.76. The van der Waals surface area contributed by atoms with Crippen molar-refractivity contribution in [1.29, 1.82) is 0 Å². The molecule has 0 bridgehead atoms. The Morgan fingerprint density at radius 3 is 2.75 bits per heavy atom. The zero-order chi connectivity index (χ0) is 11.4. The van der Waals surface area contributed by atoms with E-state index in [-0.39, 0.29) is 5.75 Å². The average Bonchev–Trinajstić information content (AvgIpc) is 2.32. The van der Waals surface area contributed by atoms with E-state index in [0.29, 0.717) is 6.42 Å². The Kier molecular flexibility index (Phi) is 3.01. The van der Waals surface area contributed by atoms with Gasteiger partial charge >= 0.3 is 0 Å². The maximum Gasteiger partial charge on any atom is 0.123 e. The molecule has 0 aliphatic carbocycles. The van der Waals surface area contributed by atoms with Crippen molar-refractivity contribution in [2.24, 2.45) is 0 Å². The number of carbonyl (C=O) groups excluding carboxylic acids is 1. The molecule has 0 radical (unpaired) electrons. The summed E-state index contributed by atoms with van der Waals surface area (Å²) in [5.74, 6) is 0.237. The van der Waals surface area contributed by atoms with Gasteiger partial charge in [0.1, 0.15) is 12.0 Å². The third kappa shape index (κ3) is 1.96. The van der Waals surface area contributed by atoms with E-state index >= 15 is 0 Å². The Labute approximate surface area is 93.8 Å². The van der Waals surface area contributed by atoms with Crippen molar-refractivity contribution >= 4 is 23.1 Å². The lowest BCUT2D eigenvalue weighted by molar-refractivity contribution is -0.107. The number of hydrogen-bond acceptors (Lipinski definition) is 2. The summed E-state index contributed by atoms with van der Waals surface area (Å²) in [5.41, 5.74) is 0.764. The predicted molar refractivity (Wildman–Crippen MR) is 65.3 cm³/mol. The number of phenolic OH excluding ortho intramolecular Hbond substituents is 1. The summed E-state index contributed by atoms with van der Waals surface area (Å²) >= 11 is 0. The van der Waals surface area contributed by atoms with Crippen molar-refractivity contribution in [3.05, 3.63) is 48.0 Å². The minimum Gasteiger partial charge on any atom is -0.507 e. The van der Waals surface area contributed by atoms with Crippen molar-refractivity contribution in [1.82, 2.24) is 0 Å². The maximum atomic E-state index is 10.2. The molecule has 0 heterocycles. The van der Waals surface area contributed by atoms with Crippen LogP contribution in [0, 0.1) is 0 Å². The minimum absolute atomic E-state index is 0.237. The van der Waals surface area contributed by atoms with Crippen LogP contribution in [0.15, 0.2) is 42.5 Å². The van der Waals surface area contributed by atoms with Crippen LogP contribution in [0.4, 0.5) is 0 Å². The number of phenols is 1. The standard InChI is InChI=1S/C14H12O2/c15-10-4-3-7-13-12-6-2-1-5-11(12)8-9-14(13)16/h1-3,5-10,16H,4H2. The lowest BCUT2D eigenvalue weighted by Crippen LogP contribution is -1.80. The summed E-state index contributed by atoms with van der Waals surface area (Å²) < 4.78 is 0. The van der Waals surface area contributed by atoms with E-state index in [1.807, 2.05) is 30.3 Å². The van der Waals surface area contributed by atoms with E-state index in [9.17, 15) is 9.90 Å². The van der Waals surface area contributed by atoms with Crippen molar-refractivity contribution in [3.63, 3.8) is 0 Å². The van der Waals surface area contributed by atoms with Crippen LogP contribution in [-0.4, -0.2) is 11.4 Å². The number of benzene rings is 2. The smallest absolute Gasteiger partial charge is 0.123 e. The van der Waals surface area contributed by atoms with Gasteiger partial charge in [-0.1, -0.05) is 42.5 Å². The lowest BCUT2D eigenvalue weighted by atomic mass is 10.0. The van der Waals surface area contributed by atoms with Gasteiger partial charge in [0.05, 0.1) is 0 Å². The van der Waals surface area contributed by atoms with E-state index in [0.717, 1.165) is 22.6 Å². The van der Waals surface area contributed by atoms with Gasteiger partial charge < -0.3 is 9.90 Å². The first-order valence-electron chi connectivity index (χ1n) is 5.14. The number of allylic oxidation sites excluding steroid dienone is 1. The van der Waals surface area contributed by atoms with E-state index in [1.54, 1.807) is 18.2 Å². The van der Waals surface area contributed by atoms with Crippen LogP contribution in [0.3, 0.4) is 0 Å².